The topological polar surface area (TPSA) is 99.1 Å². The van der Waals surface area contributed by atoms with Crippen LogP contribution in [0.25, 0.3) is 5.57 Å². The molecule has 0 spiro atoms. The van der Waals surface area contributed by atoms with Crippen molar-refractivity contribution >= 4 is 23.5 Å². The molecule has 0 amide bonds. The highest BCUT2D eigenvalue weighted by Crippen LogP contribution is 2.51. The van der Waals surface area contributed by atoms with E-state index < -0.39 is 23.3 Å². The van der Waals surface area contributed by atoms with Crippen molar-refractivity contribution in [2.75, 3.05) is 19.8 Å². The Morgan fingerprint density at radius 2 is 1.45 bits per heavy atom. The lowest BCUT2D eigenvalue weighted by Crippen LogP contribution is -2.46. The van der Waals surface area contributed by atoms with Crippen LogP contribution in [0.2, 0.25) is 0 Å². The molecule has 0 atom stereocenters. The van der Waals surface area contributed by atoms with Crippen molar-refractivity contribution in [3.05, 3.63) is 52.3 Å². The van der Waals surface area contributed by atoms with E-state index in [9.17, 15) is 19.5 Å². The summed E-state index contributed by atoms with van der Waals surface area (Å²) in [6.07, 6.45) is 0. The van der Waals surface area contributed by atoms with Crippen LogP contribution in [0.15, 0.2) is 41.2 Å². The molecule has 1 aromatic rings. The van der Waals surface area contributed by atoms with Gasteiger partial charge in [0.1, 0.15) is 11.3 Å². The number of fused-ring (bicyclic) bond motifs is 1. The van der Waals surface area contributed by atoms with Gasteiger partial charge < -0.3 is 19.3 Å². The highest BCUT2D eigenvalue weighted by atomic mass is 16.6. The third-order valence-corrected chi connectivity index (χ3v) is 4.79. The van der Waals surface area contributed by atoms with E-state index in [4.69, 9.17) is 14.2 Å². The summed E-state index contributed by atoms with van der Waals surface area (Å²) in [6, 6.07) is 6.70. The minimum Gasteiger partial charge on any atom is -0.512 e. The smallest absolute Gasteiger partial charge is 0.342 e. The van der Waals surface area contributed by atoms with Crippen LogP contribution in [0.4, 0.5) is 0 Å². The zero-order valence-corrected chi connectivity index (χ0v) is 17.3. The van der Waals surface area contributed by atoms with Gasteiger partial charge in [0.2, 0.25) is 5.41 Å². The number of carbonyl (C=O) groups excluding carboxylic acids is 3. The maximum absolute atomic E-state index is 13.1. The second-order valence-electron chi connectivity index (χ2n) is 6.42. The van der Waals surface area contributed by atoms with Crippen LogP contribution in [0, 0.1) is 0 Å². The number of allylic oxidation sites excluding steroid dienone is 1. The highest BCUT2D eigenvalue weighted by molar-refractivity contribution is 6.19. The number of carbonyl (C=O) groups is 3. The van der Waals surface area contributed by atoms with Crippen LogP contribution in [-0.2, 0) is 34.0 Å². The van der Waals surface area contributed by atoms with E-state index in [1.807, 2.05) is 0 Å². The summed E-state index contributed by atoms with van der Waals surface area (Å²) in [5.41, 5.74) is -0.667. The lowest BCUT2D eigenvalue weighted by Gasteiger charge is -2.27. The Kier molecular flexibility index (Phi) is 6.84. The molecule has 1 N–H and O–H groups in total. The molecule has 0 bridgehead atoms. The minimum atomic E-state index is -1.87. The molecule has 1 aliphatic rings. The second-order valence-corrected chi connectivity index (χ2v) is 6.42. The SMILES string of the molecule is CCOC(=O)/C(C1=C(C)C(C(=O)OCC)(C(=O)OCC)c2ccccc21)=C(/C)O. The molecule has 7 nitrogen and oxygen atoms in total. The Hall–Kier alpha value is -3.09. The molecule has 0 aliphatic heterocycles. The quantitative estimate of drug-likeness (QED) is 0.246. The number of aliphatic hydroxyl groups is 1. The number of rotatable bonds is 7. The number of hydrogen-bond donors (Lipinski definition) is 1. The molecule has 0 saturated heterocycles. The van der Waals surface area contributed by atoms with Crippen molar-refractivity contribution in [1.82, 2.24) is 0 Å². The number of ether oxygens (including phenoxy) is 3. The van der Waals surface area contributed by atoms with Gasteiger partial charge in [-0.3, -0.25) is 9.59 Å². The predicted molar refractivity (Wildman–Crippen MR) is 106 cm³/mol. The van der Waals surface area contributed by atoms with Gasteiger partial charge in [0.05, 0.1) is 19.8 Å². The first-order valence-corrected chi connectivity index (χ1v) is 9.51. The molecule has 0 saturated carbocycles. The van der Waals surface area contributed by atoms with Crippen LogP contribution in [0.3, 0.4) is 0 Å². The van der Waals surface area contributed by atoms with Gasteiger partial charge in [-0.05, 0) is 51.3 Å². The van der Waals surface area contributed by atoms with E-state index in [-0.39, 0.29) is 42.3 Å². The first-order chi connectivity index (χ1) is 13.8. The maximum atomic E-state index is 13.1. The number of benzene rings is 1. The Morgan fingerprint density at radius 3 is 1.93 bits per heavy atom. The van der Waals surface area contributed by atoms with Gasteiger partial charge in [-0.1, -0.05) is 24.3 Å². The van der Waals surface area contributed by atoms with Gasteiger partial charge in [-0.2, -0.15) is 0 Å². The summed E-state index contributed by atoms with van der Waals surface area (Å²) in [6.45, 7) is 8.06. The Morgan fingerprint density at radius 1 is 0.931 bits per heavy atom. The van der Waals surface area contributed by atoms with Crippen LogP contribution in [-0.4, -0.2) is 42.8 Å². The second kappa shape index (κ2) is 8.94. The van der Waals surface area contributed by atoms with Crippen LogP contribution < -0.4 is 0 Å². The lowest BCUT2D eigenvalue weighted by molar-refractivity contribution is -0.162. The summed E-state index contributed by atoms with van der Waals surface area (Å²) >= 11 is 0. The third kappa shape index (κ3) is 3.52. The highest BCUT2D eigenvalue weighted by Gasteiger charge is 2.58. The largest absolute Gasteiger partial charge is 0.512 e. The van der Waals surface area contributed by atoms with Crippen molar-refractivity contribution in [1.29, 1.82) is 0 Å². The van der Waals surface area contributed by atoms with Crippen LogP contribution in [0.5, 0.6) is 0 Å². The molecular weight excluding hydrogens is 376 g/mol. The standard InChI is InChI=1S/C22H26O7/c1-6-27-19(24)18(14(5)23)17-13(4)22(20(25)28-7-2,21(26)29-8-3)16-12-10-9-11-15(16)17/h9-12,23H,6-8H2,1-5H3/b18-14-. The average molecular weight is 402 g/mol. The molecule has 156 valence electrons. The first-order valence-electron chi connectivity index (χ1n) is 9.51. The third-order valence-electron chi connectivity index (χ3n) is 4.79. The monoisotopic (exact) mass is 402 g/mol. The molecule has 0 fully saturated rings. The summed E-state index contributed by atoms with van der Waals surface area (Å²) < 4.78 is 15.6. The van der Waals surface area contributed by atoms with Gasteiger partial charge >= 0.3 is 17.9 Å². The van der Waals surface area contributed by atoms with Crippen molar-refractivity contribution < 1.29 is 33.7 Å². The lowest BCUT2D eigenvalue weighted by atomic mass is 9.77. The van der Waals surface area contributed by atoms with Gasteiger partial charge in [-0.25, -0.2) is 4.79 Å². The van der Waals surface area contributed by atoms with Gasteiger partial charge in [0, 0.05) is 5.57 Å². The fraction of sp³-hybridized carbons (Fsp3) is 0.409. The Labute approximate surface area is 170 Å². The molecule has 1 aliphatic carbocycles. The maximum Gasteiger partial charge on any atom is 0.342 e. The van der Waals surface area contributed by atoms with Gasteiger partial charge in [0.15, 0.2) is 0 Å². The first kappa shape index (κ1) is 22.2. The van der Waals surface area contributed by atoms with Crippen molar-refractivity contribution in [2.24, 2.45) is 0 Å². The number of aliphatic hydroxyl groups excluding tert-OH is 1. The zero-order chi connectivity index (χ0) is 21.8. The number of esters is 3. The summed E-state index contributed by atoms with van der Waals surface area (Å²) in [4.78, 5) is 38.9. The van der Waals surface area contributed by atoms with E-state index in [1.54, 1.807) is 52.0 Å². The molecule has 1 aromatic carbocycles. The molecule has 0 heterocycles. The van der Waals surface area contributed by atoms with Crippen molar-refractivity contribution in [2.45, 2.75) is 40.0 Å². The van der Waals surface area contributed by atoms with E-state index >= 15 is 0 Å². The van der Waals surface area contributed by atoms with Crippen molar-refractivity contribution in [3.63, 3.8) is 0 Å². The molecule has 29 heavy (non-hydrogen) atoms. The van der Waals surface area contributed by atoms with Gasteiger partial charge in [-0.15, -0.1) is 0 Å². The zero-order valence-electron chi connectivity index (χ0n) is 17.3. The normalized spacial score (nSPS) is 15.3. The predicted octanol–water partition coefficient (Wildman–Crippen LogP) is 3.23. The van der Waals surface area contributed by atoms with Crippen LogP contribution >= 0.6 is 0 Å². The van der Waals surface area contributed by atoms with E-state index in [1.165, 1.54) is 6.92 Å². The molecule has 2 rings (SSSR count). The van der Waals surface area contributed by atoms with E-state index in [2.05, 4.69) is 0 Å². The molecule has 0 radical (unpaired) electrons. The van der Waals surface area contributed by atoms with Crippen LogP contribution in [0.1, 0.15) is 45.7 Å². The molecule has 0 aromatic heterocycles. The Bertz CT molecular complexity index is 870. The average Bonchev–Trinajstić information content (AvgIpc) is 2.92. The molecule has 0 unspecified atom stereocenters. The molecular formula is C22H26O7. The minimum absolute atomic E-state index is 0.0599. The summed E-state index contributed by atoms with van der Waals surface area (Å²) in [7, 11) is 0. The summed E-state index contributed by atoms with van der Waals surface area (Å²) in [5, 5.41) is 10.3. The Balaban J connectivity index is 2.92. The fourth-order valence-corrected chi connectivity index (χ4v) is 3.66. The van der Waals surface area contributed by atoms with E-state index in [0.717, 1.165) is 0 Å². The van der Waals surface area contributed by atoms with Crippen molar-refractivity contribution in [3.8, 4) is 0 Å². The summed E-state index contributed by atoms with van der Waals surface area (Å²) in [5.74, 6) is -2.62. The number of hydrogen-bond acceptors (Lipinski definition) is 7. The van der Waals surface area contributed by atoms with E-state index in [0.29, 0.717) is 11.1 Å². The van der Waals surface area contributed by atoms with Gasteiger partial charge in [0.25, 0.3) is 0 Å². The fourth-order valence-electron chi connectivity index (χ4n) is 3.66. The molecule has 7 heteroatoms.